The van der Waals surface area contributed by atoms with E-state index < -0.39 is 0 Å². The second kappa shape index (κ2) is 10.9. The van der Waals surface area contributed by atoms with Crippen LogP contribution in [0, 0.1) is 5.92 Å². The zero-order valence-electron chi connectivity index (χ0n) is 19.9. The Morgan fingerprint density at radius 1 is 0.706 bits per heavy atom. The van der Waals surface area contributed by atoms with Gasteiger partial charge in [0.1, 0.15) is 18.1 Å². The Balaban J connectivity index is 1.55. The Kier molecular flexibility index (Phi) is 7.28. The fourth-order valence-corrected chi connectivity index (χ4v) is 4.93. The van der Waals surface area contributed by atoms with Crippen LogP contribution in [0.25, 0.3) is 21.5 Å². The molecule has 34 heavy (non-hydrogen) atoms. The first-order valence-corrected chi connectivity index (χ1v) is 12.3. The van der Waals surface area contributed by atoms with Gasteiger partial charge in [0.05, 0.1) is 13.2 Å². The second-order valence-electron chi connectivity index (χ2n) is 9.05. The molecule has 0 amide bonds. The van der Waals surface area contributed by atoms with Gasteiger partial charge >= 0.3 is 0 Å². The predicted octanol–water partition coefficient (Wildman–Crippen LogP) is 5.99. The van der Waals surface area contributed by atoms with Crippen LogP contribution in [-0.4, -0.2) is 40.0 Å². The largest absolute Gasteiger partial charge is 0.493 e. The molecule has 0 atom stereocenters. The number of hydrogen-bond acceptors (Lipinski definition) is 4. The van der Waals surface area contributed by atoms with Crippen molar-refractivity contribution in [3.8, 4) is 11.5 Å². The lowest BCUT2D eigenvalue weighted by atomic mass is 9.93. The molecule has 1 fully saturated rings. The predicted molar refractivity (Wildman–Crippen MR) is 139 cm³/mol. The van der Waals surface area contributed by atoms with E-state index in [0.717, 1.165) is 37.6 Å². The zero-order valence-corrected chi connectivity index (χ0v) is 19.9. The minimum absolute atomic E-state index is 0.524. The summed E-state index contributed by atoms with van der Waals surface area (Å²) in [4.78, 5) is 0. The Labute approximate surface area is 201 Å². The lowest BCUT2D eigenvalue weighted by Crippen LogP contribution is -2.30. The van der Waals surface area contributed by atoms with E-state index in [4.69, 9.17) is 14.2 Å². The molecule has 0 saturated carbocycles. The van der Waals surface area contributed by atoms with Crippen LogP contribution in [-0.2, 0) is 11.2 Å². The normalized spacial score (nSPS) is 14.5. The molecule has 0 spiro atoms. The van der Waals surface area contributed by atoms with E-state index in [0.29, 0.717) is 19.1 Å². The summed E-state index contributed by atoms with van der Waals surface area (Å²) in [5.74, 6) is 2.49. The number of nitrogens with one attached hydrogen (secondary N) is 1. The van der Waals surface area contributed by atoms with Crippen molar-refractivity contribution >= 4 is 21.5 Å². The van der Waals surface area contributed by atoms with Gasteiger partial charge in [0.25, 0.3) is 0 Å². The highest BCUT2D eigenvalue weighted by molar-refractivity contribution is 5.91. The monoisotopic (exact) mass is 455 g/mol. The average molecular weight is 456 g/mol. The minimum Gasteiger partial charge on any atom is -0.493 e. The molecule has 1 saturated heterocycles. The molecule has 0 aliphatic carbocycles. The summed E-state index contributed by atoms with van der Waals surface area (Å²) in [5, 5.41) is 8.35. The molecule has 1 heterocycles. The third-order valence-electron chi connectivity index (χ3n) is 6.83. The summed E-state index contributed by atoms with van der Waals surface area (Å²) in [6, 6.07) is 25.7. The van der Waals surface area contributed by atoms with E-state index in [-0.39, 0.29) is 0 Å². The number of piperidine rings is 1. The number of fused-ring (bicyclic) bond motifs is 2. The number of ether oxygens (including phenoxy) is 3. The van der Waals surface area contributed by atoms with Gasteiger partial charge in [-0.3, -0.25) is 0 Å². The van der Waals surface area contributed by atoms with E-state index >= 15 is 0 Å². The Morgan fingerprint density at radius 3 is 1.91 bits per heavy atom. The van der Waals surface area contributed by atoms with Gasteiger partial charge in [-0.1, -0.05) is 60.7 Å². The van der Waals surface area contributed by atoms with Crippen molar-refractivity contribution in [3.63, 3.8) is 0 Å². The molecule has 0 aromatic heterocycles. The van der Waals surface area contributed by atoms with E-state index in [9.17, 15) is 0 Å². The first kappa shape index (κ1) is 22.7. The highest BCUT2D eigenvalue weighted by Crippen LogP contribution is 2.36. The molecular formula is C30H33NO3. The molecule has 5 rings (SSSR count). The van der Waals surface area contributed by atoms with Crippen molar-refractivity contribution < 1.29 is 14.2 Å². The molecule has 4 aromatic carbocycles. The number of rotatable bonds is 9. The summed E-state index contributed by atoms with van der Waals surface area (Å²) in [7, 11) is 1.70. The van der Waals surface area contributed by atoms with Crippen LogP contribution in [0.4, 0.5) is 0 Å². The quantitative estimate of drug-likeness (QED) is 0.315. The van der Waals surface area contributed by atoms with Crippen LogP contribution in [0.2, 0.25) is 0 Å². The van der Waals surface area contributed by atoms with Crippen LogP contribution < -0.4 is 14.8 Å². The summed E-state index contributed by atoms with van der Waals surface area (Å²) in [6.45, 7) is 4.01. The van der Waals surface area contributed by atoms with Crippen molar-refractivity contribution in [1.82, 2.24) is 5.32 Å². The molecule has 4 nitrogen and oxygen atoms in total. The molecule has 0 radical (unpaired) electrons. The molecular weight excluding hydrogens is 422 g/mol. The van der Waals surface area contributed by atoms with Crippen LogP contribution in [0.5, 0.6) is 11.5 Å². The van der Waals surface area contributed by atoms with Gasteiger partial charge < -0.3 is 19.5 Å². The standard InChI is InChI=1S/C30H33NO3/c1-32-18-19-33-29-12-10-23-6-2-4-8-25(23)27(29)20-28-26-9-5-3-7-24(26)11-13-30(28)34-21-22-14-16-31-17-15-22/h2-13,22,31H,14-21H2,1H3. The lowest BCUT2D eigenvalue weighted by Gasteiger charge is -2.24. The Morgan fingerprint density at radius 2 is 1.29 bits per heavy atom. The average Bonchev–Trinajstić information content (AvgIpc) is 2.90. The maximum Gasteiger partial charge on any atom is 0.123 e. The van der Waals surface area contributed by atoms with Crippen LogP contribution in [0.15, 0.2) is 72.8 Å². The van der Waals surface area contributed by atoms with Gasteiger partial charge in [0, 0.05) is 24.7 Å². The molecule has 1 N–H and O–H groups in total. The first-order valence-electron chi connectivity index (χ1n) is 12.3. The SMILES string of the molecule is COCCOc1ccc2ccccc2c1Cc1c(OCC2CCNCC2)ccc2ccccc12. The smallest absolute Gasteiger partial charge is 0.123 e. The Bertz CT molecular complexity index is 1250. The number of methoxy groups -OCH3 is 1. The number of benzene rings is 4. The molecule has 1 aliphatic heterocycles. The fraction of sp³-hybridized carbons (Fsp3) is 0.333. The van der Waals surface area contributed by atoms with Crippen LogP contribution in [0.1, 0.15) is 24.0 Å². The van der Waals surface area contributed by atoms with E-state index in [1.807, 2.05) is 0 Å². The minimum atomic E-state index is 0.524. The molecule has 1 aliphatic rings. The van der Waals surface area contributed by atoms with Crippen LogP contribution >= 0.6 is 0 Å². The lowest BCUT2D eigenvalue weighted by molar-refractivity contribution is 0.146. The topological polar surface area (TPSA) is 39.7 Å². The van der Waals surface area contributed by atoms with Gasteiger partial charge in [-0.25, -0.2) is 0 Å². The highest BCUT2D eigenvalue weighted by atomic mass is 16.5. The van der Waals surface area contributed by atoms with Gasteiger partial charge in [0.15, 0.2) is 0 Å². The van der Waals surface area contributed by atoms with Crippen molar-refractivity contribution in [1.29, 1.82) is 0 Å². The van der Waals surface area contributed by atoms with E-state index in [2.05, 4.69) is 78.1 Å². The van der Waals surface area contributed by atoms with Crippen molar-refractivity contribution in [2.75, 3.05) is 40.0 Å². The van der Waals surface area contributed by atoms with E-state index in [1.165, 1.54) is 45.5 Å². The third-order valence-corrected chi connectivity index (χ3v) is 6.83. The Hall–Kier alpha value is -3.08. The van der Waals surface area contributed by atoms with Gasteiger partial charge in [0.2, 0.25) is 0 Å². The van der Waals surface area contributed by atoms with Crippen molar-refractivity contribution in [2.24, 2.45) is 5.92 Å². The highest BCUT2D eigenvalue weighted by Gasteiger charge is 2.18. The molecule has 4 heteroatoms. The fourth-order valence-electron chi connectivity index (χ4n) is 4.93. The van der Waals surface area contributed by atoms with Crippen molar-refractivity contribution in [3.05, 3.63) is 83.9 Å². The maximum absolute atomic E-state index is 6.52. The van der Waals surface area contributed by atoms with Crippen LogP contribution in [0.3, 0.4) is 0 Å². The summed E-state index contributed by atoms with van der Waals surface area (Å²) >= 11 is 0. The molecule has 176 valence electrons. The van der Waals surface area contributed by atoms with Gasteiger partial charge in [-0.2, -0.15) is 0 Å². The summed E-state index contributed by atoms with van der Waals surface area (Å²) in [6.07, 6.45) is 3.08. The summed E-state index contributed by atoms with van der Waals surface area (Å²) < 4.78 is 17.9. The van der Waals surface area contributed by atoms with Crippen molar-refractivity contribution in [2.45, 2.75) is 19.3 Å². The maximum atomic E-state index is 6.52. The van der Waals surface area contributed by atoms with Gasteiger partial charge in [-0.05, 0) is 65.5 Å². The second-order valence-corrected chi connectivity index (χ2v) is 9.05. The first-order chi connectivity index (χ1) is 16.8. The van der Waals surface area contributed by atoms with E-state index in [1.54, 1.807) is 7.11 Å². The zero-order chi connectivity index (χ0) is 23.2. The van der Waals surface area contributed by atoms with Gasteiger partial charge in [-0.15, -0.1) is 0 Å². The molecule has 0 unspecified atom stereocenters. The number of hydrogen-bond donors (Lipinski definition) is 1. The molecule has 4 aromatic rings. The third kappa shape index (κ3) is 5.03. The molecule has 0 bridgehead atoms. The summed E-state index contributed by atoms with van der Waals surface area (Å²) in [5.41, 5.74) is 2.41.